The third kappa shape index (κ3) is 3.03. The van der Waals surface area contributed by atoms with Crippen LogP contribution < -0.4 is 10.2 Å². The molecular formula is C15H24N4O. The van der Waals surface area contributed by atoms with Crippen LogP contribution in [0.5, 0.6) is 0 Å². The monoisotopic (exact) mass is 276 g/mol. The first kappa shape index (κ1) is 13.6. The van der Waals surface area contributed by atoms with Crippen LogP contribution in [0.4, 0.5) is 11.6 Å². The molecule has 1 aromatic heterocycles. The van der Waals surface area contributed by atoms with Crippen LogP contribution >= 0.6 is 0 Å². The second-order valence-electron chi connectivity index (χ2n) is 5.91. The molecule has 0 spiro atoms. The molecule has 1 aliphatic heterocycles. The van der Waals surface area contributed by atoms with Crippen LogP contribution in [0, 0.1) is 5.92 Å². The van der Waals surface area contributed by atoms with Crippen LogP contribution in [0.25, 0.3) is 0 Å². The van der Waals surface area contributed by atoms with Crippen LogP contribution in [0.1, 0.15) is 38.5 Å². The van der Waals surface area contributed by atoms with Gasteiger partial charge in [-0.05, 0) is 38.0 Å². The van der Waals surface area contributed by atoms with Crippen molar-refractivity contribution in [2.45, 2.75) is 44.6 Å². The summed E-state index contributed by atoms with van der Waals surface area (Å²) < 4.78 is 0. The quantitative estimate of drug-likeness (QED) is 0.862. The molecule has 0 unspecified atom stereocenters. The second-order valence-corrected chi connectivity index (χ2v) is 5.91. The highest BCUT2D eigenvalue weighted by Gasteiger charge is 2.27. The van der Waals surface area contributed by atoms with E-state index in [9.17, 15) is 0 Å². The number of hydrogen-bond donors (Lipinski definition) is 2. The van der Waals surface area contributed by atoms with Crippen molar-refractivity contribution < 1.29 is 5.11 Å². The van der Waals surface area contributed by atoms with E-state index >= 15 is 0 Å². The summed E-state index contributed by atoms with van der Waals surface area (Å²) in [5.41, 5.74) is 0. The number of aromatic nitrogens is 2. The van der Waals surface area contributed by atoms with E-state index in [1.54, 1.807) is 6.33 Å². The fourth-order valence-electron chi connectivity index (χ4n) is 3.47. The molecule has 5 heteroatoms. The Kier molecular flexibility index (Phi) is 4.35. The second kappa shape index (κ2) is 6.39. The minimum atomic E-state index is 0.283. The van der Waals surface area contributed by atoms with E-state index < -0.39 is 0 Å². The fourth-order valence-corrected chi connectivity index (χ4v) is 3.47. The minimum absolute atomic E-state index is 0.283. The molecule has 1 aromatic rings. The van der Waals surface area contributed by atoms with E-state index in [-0.39, 0.29) is 6.61 Å². The van der Waals surface area contributed by atoms with Crippen molar-refractivity contribution >= 4 is 11.6 Å². The standard InChI is InChI=1S/C15H24N4O/c20-9-6-12-4-3-5-13(12)18-14-10-15(17-11-16-14)19-7-1-2-8-19/h10-13,20H,1-9H2,(H,16,17,18)/t12-,13-/m1/s1. The summed E-state index contributed by atoms with van der Waals surface area (Å²) in [7, 11) is 0. The molecule has 0 radical (unpaired) electrons. The number of aliphatic hydroxyl groups excluding tert-OH is 1. The molecule has 5 nitrogen and oxygen atoms in total. The van der Waals surface area contributed by atoms with Crippen molar-refractivity contribution in [3.8, 4) is 0 Å². The van der Waals surface area contributed by atoms with E-state index in [0.29, 0.717) is 12.0 Å². The normalized spacial score (nSPS) is 26.1. The Morgan fingerprint density at radius 2 is 2.05 bits per heavy atom. The highest BCUT2D eigenvalue weighted by molar-refractivity contribution is 5.49. The van der Waals surface area contributed by atoms with Gasteiger partial charge in [0.1, 0.15) is 18.0 Å². The molecule has 0 aromatic carbocycles. The number of rotatable bonds is 5. The maximum absolute atomic E-state index is 9.14. The van der Waals surface area contributed by atoms with Gasteiger partial charge in [-0.3, -0.25) is 0 Å². The van der Waals surface area contributed by atoms with Crippen molar-refractivity contribution in [2.75, 3.05) is 29.9 Å². The fraction of sp³-hybridized carbons (Fsp3) is 0.733. The van der Waals surface area contributed by atoms with Gasteiger partial charge in [0.2, 0.25) is 0 Å². The van der Waals surface area contributed by atoms with Crippen molar-refractivity contribution in [1.82, 2.24) is 9.97 Å². The first-order valence-corrected chi connectivity index (χ1v) is 7.81. The summed E-state index contributed by atoms with van der Waals surface area (Å²) in [6.45, 7) is 2.49. The zero-order chi connectivity index (χ0) is 13.8. The van der Waals surface area contributed by atoms with Crippen molar-refractivity contribution in [2.24, 2.45) is 5.92 Å². The molecule has 20 heavy (non-hydrogen) atoms. The Morgan fingerprint density at radius 1 is 1.20 bits per heavy atom. The smallest absolute Gasteiger partial charge is 0.134 e. The van der Waals surface area contributed by atoms with Gasteiger partial charge in [0.15, 0.2) is 0 Å². The average Bonchev–Trinajstić information content (AvgIpc) is 3.12. The van der Waals surface area contributed by atoms with Crippen LogP contribution in [0.3, 0.4) is 0 Å². The van der Waals surface area contributed by atoms with Crippen molar-refractivity contribution in [1.29, 1.82) is 0 Å². The third-order valence-corrected chi connectivity index (χ3v) is 4.57. The first-order valence-electron chi connectivity index (χ1n) is 7.81. The van der Waals surface area contributed by atoms with Gasteiger partial charge < -0.3 is 15.3 Å². The molecule has 1 saturated heterocycles. The largest absolute Gasteiger partial charge is 0.396 e. The molecule has 2 aliphatic rings. The molecule has 0 amide bonds. The predicted molar refractivity (Wildman–Crippen MR) is 79.9 cm³/mol. The van der Waals surface area contributed by atoms with Gasteiger partial charge in [-0.25, -0.2) is 9.97 Å². The zero-order valence-corrected chi connectivity index (χ0v) is 12.0. The first-order chi connectivity index (χ1) is 9.86. The van der Waals surface area contributed by atoms with Crippen LogP contribution in [0.2, 0.25) is 0 Å². The van der Waals surface area contributed by atoms with Gasteiger partial charge in [-0.1, -0.05) is 6.42 Å². The topological polar surface area (TPSA) is 61.3 Å². The number of nitrogens with zero attached hydrogens (tertiary/aromatic N) is 3. The molecule has 2 fully saturated rings. The SMILES string of the molecule is OCC[C@H]1CCC[C@H]1Nc1cc(N2CCCC2)ncn1. The van der Waals surface area contributed by atoms with Gasteiger partial charge in [0.05, 0.1) is 0 Å². The lowest BCUT2D eigenvalue weighted by atomic mass is 10.00. The van der Waals surface area contributed by atoms with Crippen LogP contribution in [-0.2, 0) is 0 Å². The van der Waals surface area contributed by atoms with Gasteiger partial charge in [0.25, 0.3) is 0 Å². The Morgan fingerprint density at radius 3 is 2.85 bits per heavy atom. The lowest BCUT2D eigenvalue weighted by Crippen LogP contribution is -2.26. The Balaban J connectivity index is 1.66. The van der Waals surface area contributed by atoms with E-state index in [1.807, 2.05) is 0 Å². The maximum atomic E-state index is 9.14. The van der Waals surface area contributed by atoms with E-state index in [1.165, 1.54) is 32.1 Å². The highest BCUT2D eigenvalue weighted by atomic mass is 16.3. The number of nitrogens with one attached hydrogen (secondary N) is 1. The van der Waals surface area contributed by atoms with Crippen molar-refractivity contribution in [3.05, 3.63) is 12.4 Å². The number of hydrogen-bond acceptors (Lipinski definition) is 5. The third-order valence-electron chi connectivity index (χ3n) is 4.57. The number of anilines is 2. The summed E-state index contributed by atoms with van der Waals surface area (Å²) >= 11 is 0. The van der Waals surface area contributed by atoms with Crippen LogP contribution in [0.15, 0.2) is 12.4 Å². The maximum Gasteiger partial charge on any atom is 0.134 e. The van der Waals surface area contributed by atoms with Crippen LogP contribution in [-0.4, -0.2) is 40.8 Å². The summed E-state index contributed by atoms with van der Waals surface area (Å²) in [6.07, 6.45) is 8.69. The molecule has 3 rings (SSSR count). The molecule has 2 N–H and O–H groups in total. The number of aliphatic hydroxyl groups is 1. The molecule has 2 heterocycles. The van der Waals surface area contributed by atoms with E-state index in [0.717, 1.165) is 31.1 Å². The molecule has 1 saturated carbocycles. The summed E-state index contributed by atoms with van der Waals surface area (Å²) in [4.78, 5) is 11.1. The van der Waals surface area contributed by atoms with E-state index in [2.05, 4.69) is 26.3 Å². The summed E-state index contributed by atoms with van der Waals surface area (Å²) in [5.74, 6) is 2.54. The molecule has 1 aliphatic carbocycles. The average molecular weight is 276 g/mol. The Labute approximate surface area is 120 Å². The predicted octanol–water partition coefficient (Wildman–Crippen LogP) is 2.04. The van der Waals surface area contributed by atoms with Gasteiger partial charge in [-0.15, -0.1) is 0 Å². The minimum Gasteiger partial charge on any atom is -0.396 e. The lowest BCUT2D eigenvalue weighted by molar-refractivity contribution is 0.254. The Bertz CT molecular complexity index is 434. The molecule has 0 bridgehead atoms. The summed E-state index contributed by atoms with van der Waals surface area (Å²) in [5, 5.41) is 12.7. The van der Waals surface area contributed by atoms with Gasteiger partial charge >= 0.3 is 0 Å². The molecule has 110 valence electrons. The molecule has 2 atom stereocenters. The highest BCUT2D eigenvalue weighted by Crippen LogP contribution is 2.31. The van der Waals surface area contributed by atoms with Crippen molar-refractivity contribution in [3.63, 3.8) is 0 Å². The summed E-state index contributed by atoms with van der Waals surface area (Å²) in [6, 6.07) is 2.52. The zero-order valence-electron chi connectivity index (χ0n) is 12.0. The Hall–Kier alpha value is -1.36. The molecular weight excluding hydrogens is 252 g/mol. The van der Waals surface area contributed by atoms with E-state index in [4.69, 9.17) is 5.11 Å². The van der Waals surface area contributed by atoms with Gasteiger partial charge in [0, 0.05) is 31.8 Å². The van der Waals surface area contributed by atoms with Gasteiger partial charge in [-0.2, -0.15) is 0 Å². The lowest BCUT2D eigenvalue weighted by Gasteiger charge is -2.22.